The number of carboxylic acid groups (broad SMARTS) is 1. The maximum Gasteiger partial charge on any atom is 0.305 e. The molecule has 1 aromatic heterocycles. The summed E-state index contributed by atoms with van der Waals surface area (Å²) in [5, 5.41) is 9.82. The maximum atomic E-state index is 11.8. The van der Waals surface area contributed by atoms with Crippen LogP contribution in [0.2, 0.25) is 0 Å². The highest BCUT2D eigenvalue weighted by Gasteiger charge is 2.20. The first-order valence-electron chi connectivity index (χ1n) is 13.1. The molecule has 0 radical (unpaired) electrons. The normalized spacial score (nSPS) is 15.6. The highest BCUT2D eigenvalue weighted by molar-refractivity contribution is 5.87. The molecule has 1 aromatic carbocycles. The summed E-state index contributed by atoms with van der Waals surface area (Å²) >= 11 is 0. The van der Waals surface area contributed by atoms with Gasteiger partial charge in [0.2, 0.25) is 6.41 Å². The second-order valence-electron chi connectivity index (χ2n) is 9.14. The summed E-state index contributed by atoms with van der Waals surface area (Å²) in [4.78, 5) is 38.0. The highest BCUT2D eigenvalue weighted by atomic mass is 16.5. The summed E-state index contributed by atoms with van der Waals surface area (Å²) in [6, 6.07) is 5.32. The fourth-order valence-corrected chi connectivity index (χ4v) is 4.14. The minimum Gasteiger partial charge on any atom is -0.493 e. The van der Waals surface area contributed by atoms with Crippen LogP contribution in [0.25, 0.3) is 10.9 Å². The van der Waals surface area contributed by atoms with E-state index in [0.717, 1.165) is 49.5 Å². The number of carboxylic acids is 1. The number of aromatic amines is 1. The molecule has 1 atom stereocenters. The number of rotatable bonds is 11. The van der Waals surface area contributed by atoms with E-state index < -0.39 is 5.97 Å². The molecule has 38 heavy (non-hydrogen) atoms. The Bertz CT molecular complexity index is 1210. The number of methoxy groups -OCH3 is 1. The van der Waals surface area contributed by atoms with Crippen LogP contribution in [0.4, 0.5) is 0 Å². The first kappa shape index (κ1) is 30.4. The van der Waals surface area contributed by atoms with E-state index in [0.29, 0.717) is 35.7 Å². The van der Waals surface area contributed by atoms with Crippen molar-refractivity contribution in [2.75, 3.05) is 20.3 Å². The van der Waals surface area contributed by atoms with E-state index in [1.165, 1.54) is 0 Å². The first-order chi connectivity index (χ1) is 18.3. The van der Waals surface area contributed by atoms with E-state index in [-0.39, 0.29) is 18.0 Å². The monoisotopic (exact) mass is 524 g/mol. The third-order valence-electron chi connectivity index (χ3n) is 6.18. The van der Waals surface area contributed by atoms with Crippen LogP contribution < -0.4 is 15.0 Å². The molecule has 0 aliphatic carbocycles. The van der Waals surface area contributed by atoms with Crippen LogP contribution in [0.5, 0.6) is 11.5 Å². The quantitative estimate of drug-likeness (QED) is 0.226. The predicted octanol–water partition coefficient (Wildman–Crippen LogP) is 5.55. The number of carbonyl (C=O) groups excluding carboxylic acids is 1. The number of aromatic nitrogens is 1. The summed E-state index contributed by atoms with van der Waals surface area (Å²) in [6.07, 6.45) is 15.3. The molecule has 2 N–H and O–H groups in total. The molecule has 8 nitrogen and oxygen atoms in total. The van der Waals surface area contributed by atoms with Gasteiger partial charge in [0, 0.05) is 17.5 Å². The number of pyridine rings is 1. The van der Waals surface area contributed by atoms with Crippen molar-refractivity contribution in [3.63, 3.8) is 0 Å². The van der Waals surface area contributed by atoms with Crippen molar-refractivity contribution in [1.29, 1.82) is 0 Å². The predicted molar refractivity (Wildman–Crippen MR) is 151 cm³/mol. The summed E-state index contributed by atoms with van der Waals surface area (Å²) in [6.45, 7) is 7.12. The summed E-state index contributed by atoms with van der Waals surface area (Å²) in [5.41, 5.74) is 2.39. The number of nitrogens with zero attached hydrogens (tertiary/aromatic N) is 1. The van der Waals surface area contributed by atoms with Gasteiger partial charge in [-0.15, -0.1) is 0 Å². The van der Waals surface area contributed by atoms with Crippen molar-refractivity contribution in [1.82, 2.24) is 9.88 Å². The zero-order chi connectivity index (χ0) is 27.9. The number of carbonyl (C=O) groups is 2. The van der Waals surface area contributed by atoms with Gasteiger partial charge in [0.25, 0.3) is 5.56 Å². The van der Waals surface area contributed by atoms with Gasteiger partial charge in [0.05, 0.1) is 31.7 Å². The van der Waals surface area contributed by atoms with E-state index in [1.54, 1.807) is 18.9 Å². The van der Waals surface area contributed by atoms with Crippen LogP contribution in [0.15, 0.2) is 58.9 Å². The molecule has 0 saturated carbocycles. The zero-order valence-corrected chi connectivity index (χ0v) is 22.9. The fourth-order valence-electron chi connectivity index (χ4n) is 4.14. The number of allylic oxidation sites excluding steroid dienone is 5. The maximum absolute atomic E-state index is 11.8. The molecular formula is C30H40N2O6. The molecule has 2 heterocycles. The van der Waals surface area contributed by atoms with E-state index in [2.05, 4.69) is 11.9 Å². The number of nitrogens with one attached hydrogen (secondary N) is 1. The van der Waals surface area contributed by atoms with Gasteiger partial charge in [-0.3, -0.25) is 14.4 Å². The van der Waals surface area contributed by atoms with E-state index in [1.807, 2.05) is 55.5 Å². The van der Waals surface area contributed by atoms with E-state index >= 15 is 0 Å². The number of hydrogen-bond donors (Lipinski definition) is 2. The number of hydrogen-bond acceptors (Lipinski definition) is 5. The molecule has 1 unspecified atom stereocenters. The SMILES string of the molecule is C/C=C\C=C/C1=CC(CC(=O)O)N(C=O)CCC1.CCCCCOc1c(OC)ccc2cc(C)c(=O)[nH]c12. The second kappa shape index (κ2) is 16.1. The summed E-state index contributed by atoms with van der Waals surface area (Å²) < 4.78 is 11.2. The fraction of sp³-hybridized carbons (Fsp3) is 0.433. The van der Waals surface area contributed by atoms with Gasteiger partial charge >= 0.3 is 5.97 Å². The largest absolute Gasteiger partial charge is 0.493 e. The molecule has 1 aliphatic rings. The Hall–Kier alpha value is -3.81. The zero-order valence-electron chi connectivity index (χ0n) is 22.9. The van der Waals surface area contributed by atoms with Crippen LogP contribution in [0, 0.1) is 6.92 Å². The molecule has 0 fully saturated rings. The minimum absolute atomic E-state index is 0.0420. The lowest BCUT2D eigenvalue weighted by Gasteiger charge is -2.22. The van der Waals surface area contributed by atoms with Crippen molar-refractivity contribution in [3.8, 4) is 11.5 Å². The van der Waals surface area contributed by atoms with Crippen molar-refractivity contribution in [2.45, 2.75) is 65.3 Å². The van der Waals surface area contributed by atoms with Gasteiger partial charge in [-0.25, -0.2) is 0 Å². The molecule has 0 spiro atoms. The average Bonchev–Trinajstić information content (AvgIpc) is 3.09. The third-order valence-corrected chi connectivity index (χ3v) is 6.18. The molecule has 206 valence electrons. The Morgan fingerprint density at radius 3 is 2.71 bits per heavy atom. The number of aliphatic carboxylic acids is 1. The Balaban J connectivity index is 0.000000269. The van der Waals surface area contributed by atoms with Crippen LogP contribution in [0.1, 0.15) is 57.9 Å². The van der Waals surface area contributed by atoms with Crippen molar-refractivity contribution in [2.24, 2.45) is 0 Å². The third kappa shape index (κ3) is 9.25. The molecule has 1 amide bonds. The molecule has 0 saturated heterocycles. The Labute approximate surface area is 224 Å². The van der Waals surface area contributed by atoms with E-state index in [9.17, 15) is 14.4 Å². The smallest absolute Gasteiger partial charge is 0.305 e. The molecule has 3 rings (SSSR count). The molecule has 8 heteroatoms. The molecule has 0 bridgehead atoms. The van der Waals surface area contributed by atoms with E-state index in [4.69, 9.17) is 14.6 Å². The number of aryl methyl sites for hydroxylation is 1. The van der Waals surface area contributed by atoms with Crippen molar-refractivity contribution < 1.29 is 24.2 Å². The number of unbranched alkanes of at least 4 members (excludes halogenated alkanes) is 2. The average molecular weight is 525 g/mol. The molecule has 2 aromatic rings. The number of H-pyrrole nitrogens is 1. The lowest BCUT2D eigenvalue weighted by Crippen LogP contribution is -2.34. The number of benzene rings is 1. The van der Waals surface area contributed by atoms with Crippen LogP contribution in [-0.2, 0) is 9.59 Å². The van der Waals surface area contributed by atoms with Gasteiger partial charge < -0.3 is 24.5 Å². The summed E-state index contributed by atoms with van der Waals surface area (Å²) in [5.74, 6) is 0.383. The first-order valence-corrected chi connectivity index (χ1v) is 13.1. The Morgan fingerprint density at radius 1 is 1.26 bits per heavy atom. The molecular weight excluding hydrogens is 484 g/mol. The van der Waals surface area contributed by atoms with Gasteiger partial charge in [0.15, 0.2) is 11.5 Å². The number of amides is 1. The van der Waals surface area contributed by atoms with Gasteiger partial charge in [-0.2, -0.15) is 0 Å². The topological polar surface area (TPSA) is 109 Å². The van der Waals surface area contributed by atoms with Crippen molar-refractivity contribution >= 4 is 23.3 Å². The Morgan fingerprint density at radius 2 is 2.05 bits per heavy atom. The number of ether oxygens (including phenoxy) is 2. The van der Waals surface area contributed by atoms with Crippen LogP contribution >= 0.6 is 0 Å². The van der Waals surface area contributed by atoms with Gasteiger partial charge in [0.1, 0.15) is 0 Å². The van der Waals surface area contributed by atoms with Crippen LogP contribution in [-0.4, -0.2) is 53.7 Å². The standard InChI is InChI=1S/C16H21NO3.C14H19NO3/c1-4-5-6-9-20-15-13(19-3)8-7-12-10-11(2)16(18)17-14(12)15;1-2-3-4-6-12-7-5-8-15(11-16)13(9-12)10-14(17)18/h7-8,10H,4-6,9H2,1-3H3,(H,17,18);2-4,6,9,11,13H,5,7-8,10H2,1H3,(H,17,18)/b;3-2-,6-4-. The lowest BCUT2D eigenvalue weighted by atomic mass is 10.1. The van der Waals surface area contributed by atoms with Crippen molar-refractivity contribution in [3.05, 3.63) is 70.1 Å². The van der Waals surface area contributed by atoms with Gasteiger partial charge in [-0.05, 0) is 56.9 Å². The summed E-state index contributed by atoms with van der Waals surface area (Å²) in [7, 11) is 1.60. The van der Waals surface area contributed by atoms with Crippen LogP contribution in [0.3, 0.4) is 0 Å². The lowest BCUT2D eigenvalue weighted by molar-refractivity contribution is -0.138. The van der Waals surface area contributed by atoms with Gasteiger partial charge in [-0.1, -0.05) is 50.1 Å². The molecule has 1 aliphatic heterocycles. The Kier molecular flexibility index (Phi) is 12.9. The minimum atomic E-state index is -0.887. The highest BCUT2D eigenvalue weighted by Crippen LogP contribution is 2.34. The number of fused-ring (bicyclic) bond motifs is 1. The second-order valence-corrected chi connectivity index (χ2v) is 9.14.